The van der Waals surface area contributed by atoms with Crippen molar-refractivity contribution >= 4 is 30.4 Å². The second-order valence-electron chi connectivity index (χ2n) is 7.17. The third-order valence-corrected chi connectivity index (χ3v) is 6.75. The first-order valence-electron chi connectivity index (χ1n) is 9.04. The highest BCUT2D eigenvalue weighted by Crippen LogP contribution is 2.42. The van der Waals surface area contributed by atoms with Crippen molar-refractivity contribution in [2.75, 3.05) is 6.61 Å². The number of unbranched alkanes of at least 4 members (excludes halogenated alkanes) is 1. The molecule has 0 bridgehead atoms. The molecule has 23 heavy (non-hydrogen) atoms. The first-order chi connectivity index (χ1) is 11.1. The number of benzene rings is 1. The summed E-state index contributed by atoms with van der Waals surface area (Å²) >= 11 is 2.50. The van der Waals surface area contributed by atoms with Gasteiger partial charge in [-0.2, -0.15) is 0 Å². The molecule has 1 aliphatic heterocycles. The first kappa shape index (κ1) is 17.6. The molecular weight excluding hydrogens is 398 g/mol. The molecule has 3 N–H and O–H groups in total. The maximum Gasteiger partial charge on any atom is 0.122 e. The molecule has 1 saturated carbocycles. The summed E-state index contributed by atoms with van der Waals surface area (Å²) < 4.78 is 5.56. The van der Waals surface area contributed by atoms with Crippen molar-refractivity contribution < 1.29 is 4.74 Å². The lowest BCUT2D eigenvalue weighted by Gasteiger charge is -2.44. The summed E-state index contributed by atoms with van der Waals surface area (Å²) in [5.41, 5.74) is 9.27. The average Bonchev–Trinajstić information content (AvgIpc) is 2.93. The zero-order chi connectivity index (χ0) is 16.3. The minimum absolute atomic E-state index is 0.00395. The smallest absolute Gasteiger partial charge is 0.122 e. The number of ether oxygens (including phenoxy) is 1. The summed E-state index contributed by atoms with van der Waals surface area (Å²) in [5, 5.41) is 3.70. The second kappa shape index (κ2) is 7.75. The van der Waals surface area contributed by atoms with Crippen LogP contribution in [-0.4, -0.2) is 24.0 Å². The standard InChI is InChI=1S/C18H28BIN2O/c19-7-2-1-6-18(20,21)15-10-16(11-15)22-12-13-3-4-17-14(9-13)5-8-23-17/h3-4,9,15-16,22H,1-2,5-8,10-12,19,21H2/t15-,16+,18?. The van der Waals surface area contributed by atoms with Crippen molar-refractivity contribution in [3.63, 3.8) is 0 Å². The van der Waals surface area contributed by atoms with Crippen LogP contribution in [0.15, 0.2) is 18.2 Å². The molecular formula is C18H28BIN2O. The Morgan fingerprint density at radius 1 is 1.35 bits per heavy atom. The Bertz CT molecular complexity index is 532. The Kier molecular flexibility index (Phi) is 5.91. The van der Waals surface area contributed by atoms with E-state index < -0.39 is 0 Å². The highest BCUT2D eigenvalue weighted by molar-refractivity contribution is 14.1. The van der Waals surface area contributed by atoms with E-state index in [0.717, 1.165) is 31.7 Å². The number of rotatable bonds is 8. The topological polar surface area (TPSA) is 47.3 Å². The van der Waals surface area contributed by atoms with Crippen molar-refractivity contribution in [2.45, 2.75) is 61.0 Å². The van der Waals surface area contributed by atoms with Gasteiger partial charge in [-0.25, -0.2) is 0 Å². The summed E-state index contributed by atoms with van der Waals surface area (Å²) in [6, 6.07) is 7.23. The maximum atomic E-state index is 6.54. The Hall–Kier alpha value is -0.265. The first-order valence-corrected chi connectivity index (χ1v) is 10.1. The van der Waals surface area contributed by atoms with Gasteiger partial charge in [0.2, 0.25) is 0 Å². The number of alkyl halides is 1. The molecule has 1 fully saturated rings. The van der Waals surface area contributed by atoms with Crippen molar-refractivity contribution in [2.24, 2.45) is 11.7 Å². The molecule has 5 heteroatoms. The third kappa shape index (κ3) is 4.43. The minimum Gasteiger partial charge on any atom is -0.493 e. The lowest BCUT2D eigenvalue weighted by Crippen LogP contribution is -2.53. The lowest BCUT2D eigenvalue weighted by atomic mass is 9.74. The summed E-state index contributed by atoms with van der Waals surface area (Å²) in [6.07, 6.45) is 8.49. The molecule has 1 heterocycles. The van der Waals surface area contributed by atoms with Gasteiger partial charge in [-0.05, 0) is 42.4 Å². The number of fused-ring (bicyclic) bond motifs is 1. The molecule has 3 rings (SSSR count). The largest absolute Gasteiger partial charge is 0.493 e. The molecule has 1 aromatic rings. The van der Waals surface area contributed by atoms with E-state index in [9.17, 15) is 0 Å². The van der Waals surface area contributed by atoms with E-state index in [4.69, 9.17) is 10.5 Å². The summed E-state index contributed by atoms with van der Waals surface area (Å²) in [4.78, 5) is 0. The predicted molar refractivity (Wildman–Crippen MR) is 107 cm³/mol. The highest BCUT2D eigenvalue weighted by Gasteiger charge is 2.41. The summed E-state index contributed by atoms with van der Waals surface area (Å²) in [5.74, 6) is 1.74. The molecule has 3 nitrogen and oxygen atoms in total. The van der Waals surface area contributed by atoms with E-state index in [-0.39, 0.29) is 3.55 Å². The van der Waals surface area contributed by atoms with Gasteiger partial charge >= 0.3 is 0 Å². The van der Waals surface area contributed by atoms with Crippen LogP contribution in [-0.2, 0) is 13.0 Å². The number of hydrogen-bond donors (Lipinski definition) is 2. The van der Waals surface area contributed by atoms with Crippen LogP contribution in [0, 0.1) is 5.92 Å². The minimum atomic E-state index is -0.00395. The molecule has 2 aliphatic rings. The molecule has 1 aromatic carbocycles. The molecule has 0 spiro atoms. The van der Waals surface area contributed by atoms with Crippen LogP contribution in [0.5, 0.6) is 5.75 Å². The Labute approximate surface area is 154 Å². The van der Waals surface area contributed by atoms with Gasteiger partial charge < -0.3 is 15.8 Å². The van der Waals surface area contributed by atoms with Gasteiger partial charge in [0.05, 0.1) is 10.2 Å². The number of nitrogens with two attached hydrogens (primary N) is 1. The van der Waals surface area contributed by atoms with Gasteiger partial charge in [0, 0.05) is 19.0 Å². The predicted octanol–water partition coefficient (Wildman–Crippen LogP) is 2.80. The van der Waals surface area contributed by atoms with Crippen LogP contribution < -0.4 is 15.8 Å². The second-order valence-corrected chi connectivity index (χ2v) is 9.18. The van der Waals surface area contributed by atoms with Gasteiger partial charge in [0.25, 0.3) is 0 Å². The fourth-order valence-electron chi connectivity index (χ4n) is 3.64. The maximum absolute atomic E-state index is 6.54. The summed E-state index contributed by atoms with van der Waals surface area (Å²) in [6.45, 7) is 1.79. The van der Waals surface area contributed by atoms with Gasteiger partial charge in [0.1, 0.15) is 13.6 Å². The van der Waals surface area contributed by atoms with Crippen LogP contribution in [0.25, 0.3) is 0 Å². The summed E-state index contributed by atoms with van der Waals surface area (Å²) in [7, 11) is 2.25. The quantitative estimate of drug-likeness (QED) is 0.221. The van der Waals surface area contributed by atoms with Crippen molar-refractivity contribution in [3.8, 4) is 5.75 Å². The highest BCUT2D eigenvalue weighted by atomic mass is 127. The van der Waals surface area contributed by atoms with Gasteiger partial charge in [0.15, 0.2) is 0 Å². The van der Waals surface area contributed by atoms with E-state index in [0.29, 0.717) is 12.0 Å². The molecule has 0 saturated heterocycles. The van der Waals surface area contributed by atoms with Crippen LogP contribution in [0.4, 0.5) is 0 Å². The Balaban J connectivity index is 1.40. The fourth-order valence-corrected chi connectivity index (χ4v) is 4.53. The van der Waals surface area contributed by atoms with Gasteiger partial charge in [-0.15, -0.1) is 0 Å². The molecule has 1 atom stereocenters. The van der Waals surface area contributed by atoms with Crippen LogP contribution >= 0.6 is 22.6 Å². The Morgan fingerprint density at radius 3 is 2.96 bits per heavy atom. The molecule has 1 unspecified atom stereocenters. The monoisotopic (exact) mass is 426 g/mol. The van der Waals surface area contributed by atoms with Crippen LogP contribution in [0.2, 0.25) is 6.32 Å². The SMILES string of the molecule is BCCCCC(N)(I)[C@H]1C[C@@H](NCc2ccc3c(c2)CCO3)C1. The molecule has 0 radical (unpaired) electrons. The van der Waals surface area contributed by atoms with Gasteiger partial charge in [-0.3, -0.25) is 0 Å². The average molecular weight is 426 g/mol. The molecule has 126 valence electrons. The number of halogens is 1. The van der Waals surface area contributed by atoms with Crippen molar-refractivity contribution in [3.05, 3.63) is 29.3 Å². The zero-order valence-corrected chi connectivity index (χ0v) is 16.3. The normalized spacial score (nSPS) is 25.3. The van der Waals surface area contributed by atoms with Crippen molar-refractivity contribution in [1.29, 1.82) is 0 Å². The number of hydrogen-bond acceptors (Lipinski definition) is 3. The molecule has 0 amide bonds. The van der Waals surface area contributed by atoms with E-state index >= 15 is 0 Å². The van der Waals surface area contributed by atoms with E-state index in [2.05, 4.69) is 54.0 Å². The third-order valence-electron chi connectivity index (χ3n) is 5.33. The molecule has 1 aliphatic carbocycles. The van der Waals surface area contributed by atoms with Crippen LogP contribution in [0.3, 0.4) is 0 Å². The van der Waals surface area contributed by atoms with E-state index in [1.807, 2.05) is 0 Å². The van der Waals surface area contributed by atoms with E-state index in [1.54, 1.807) is 0 Å². The number of nitrogens with one attached hydrogen (secondary N) is 1. The van der Waals surface area contributed by atoms with Crippen LogP contribution in [0.1, 0.15) is 43.2 Å². The Morgan fingerprint density at radius 2 is 2.17 bits per heavy atom. The lowest BCUT2D eigenvalue weighted by molar-refractivity contribution is 0.173. The zero-order valence-electron chi connectivity index (χ0n) is 14.1. The van der Waals surface area contributed by atoms with Crippen molar-refractivity contribution in [1.82, 2.24) is 5.32 Å². The fraction of sp³-hybridized carbons (Fsp3) is 0.667. The van der Waals surface area contributed by atoms with Gasteiger partial charge in [-0.1, -0.05) is 53.9 Å². The van der Waals surface area contributed by atoms with E-state index in [1.165, 1.54) is 43.1 Å². The molecule has 0 aromatic heterocycles.